The fourth-order valence-electron chi connectivity index (χ4n) is 0.706. The fraction of sp³-hybridized carbons (Fsp3) is 0.143. The number of aliphatic hydroxyl groups is 1. The summed E-state index contributed by atoms with van der Waals surface area (Å²) in [7, 11) is 0. The van der Waals surface area contributed by atoms with Gasteiger partial charge in [0.05, 0.1) is 17.4 Å². The molecular formula is C7H7NO4. The van der Waals surface area contributed by atoms with Crippen LogP contribution in [0.3, 0.4) is 0 Å². The molecule has 0 bridgehead atoms. The molecule has 5 nitrogen and oxygen atoms in total. The van der Waals surface area contributed by atoms with E-state index in [1.165, 1.54) is 18.6 Å². The lowest BCUT2D eigenvalue weighted by Crippen LogP contribution is -2.02. The molecule has 0 fully saturated rings. The minimum absolute atomic E-state index is 0.253. The summed E-state index contributed by atoms with van der Waals surface area (Å²) in [5.74, 6) is 0. The van der Waals surface area contributed by atoms with Crippen molar-refractivity contribution in [1.82, 2.24) is 0 Å². The van der Waals surface area contributed by atoms with Crippen molar-refractivity contribution < 1.29 is 14.4 Å². The third-order valence-electron chi connectivity index (χ3n) is 1.27. The summed E-state index contributed by atoms with van der Waals surface area (Å²) in [6, 6.07) is 1.57. The Morgan fingerprint density at radius 2 is 2.58 bits per heavy atom. The molecule has 0 radical (unpaired) electrons. The number of rotatable bonds is 3. The Kier molecular flexibility index (Phi) is 2.60. The molecule has 1 aromatic rings. The van der Waals surface area contributed by atoms with E-state index in [4.69, 9.17) is 9.52 Å². The molecular weight excluding hydrogens is 162 g/mol. The van der Waals surface area contributed by atoms with E-state index in [9.17, 15) is 10.1 Å². The van der Waals surface area contributed by atoms with Crippen LogP contribution in [-0.2, 0) is 0 Å². The fourth-order valence-corrected chi connectivity index (χ4v) is 0.706. The van der Waals surface area contributed by atoms with Crippen LogP contribution in [0.2, 0.25) is 0 Å². The highest BCUT2D eigenvalue weighted by molar-refractivity contribution is 5.49. The monoisotopic (exact) mass is 169 g/mol. The molecule has 64 valence electrons. The van der Waals surface area contributed by atoms with Gasteiger partial charge >= 0.3 is 0 Å². The molecule has 12 heavy (non-hydrogen) atoms. The van der Waals surface area contributed by atoms with Crippen molar-refractivity contribution in [2.75, 3.05) is 6.61 Å². The maximum absolute atomic E-state index is 10.2. The zero-order chi connectivity index (χ0) is 8.97. The summed E-state index contributed by atoms with van der Waals surface area (Å²) in [6.45, 7) is -0.585. The second kappa shape index (κ2) is 3.68. The van der Waals surface area contributed by atoms with Gasteiger partial charge in [0.25, 0.3) is 5.70 Å². The Hall–Kier alpha value is -1.62. The number of aliphatic hydroxyl groups excluding tert-OH is 1. The SMILES string of the molecule is O=[N+]([O-])/C(=C/c1ccoc1)CO. The van der Waals surface area contributed by atoms with Gasteiger partial charge in [-0.2, -0.15) is 0 Å². The average molecular weight is 169 g/mol. The first-order valence-electron chi connectivity index (χ1n) is 3.22. The zero-order valence-electron chi connectivity index (χ0n) is 6.14. The Balaban J connectivity index is 2.85. The molecule has 0 aromatic carbocycles. The van der Waals surface area contributed by atoms with E-state index in [0.717, 1.165) is 0 Å². The van der Waals surface area contributed by atoms with Gasteiger partial charge in [-0.25, -0.2) is 0 Å². The number of hydrogen-bond acceptors (Lipinski definition) is 4. The highest BCUT2D eigenvalue weighted by Crippen LogP contribution is 2.06. The van der Waals surface area contributed by atoms with Crippen molar-refractivity contribution in [1.29, 1.82) is 0 Å². The second-order valence-corrected chi connectivity index (χ2v) is 2.11. The van der Waals surface area contributed by atoms with E-state index < -0.39 is 11.5 Å². The van der Waals surface area contributed by atoms with Crippen LogP contribution in [-0.4, -0.2) is 16.6 Å². The molecule has 0 aliphatic rings. The molecule has 1 rings (SSSR count). The van der Waals surface area contributed by atoms with Gasteiger partial charge in [0, 0.05) is 11.6 Å². The van der Waals surface area contributed by atoms with E-state index >= 15 is 0 Å². The Morgan fingerprint density at radius 3 is 3.00 bits per heavy atom. The molecule has 5 heteroatoms. The molecule has 1 aromatic heterocycles. The van der Waals surface area contributed by atoms with E-state index in [2.05, 4.69) is 0 Å². The molecule has 0 unspecified atom stereocenters. The molecule has 0 aliphatic carbocycles. The molecule has 0 aliphatic heterocycles. The number of hydrogen-bond donors (Lipinski definition) is 1. The van der Waals surface area contributed by atoms with Gasteiger partial charge in [0.2, 0.25) is 0 Å². The highest BCUT2D eigenvalue weighted by Gasteiger charge is 2.08. The molecule has 0 saturated heterocycles. The van der Waals surface area contributed by atoms with Gasteiger partial charge in [-0.05, 0) is 6.07 Å². The average Bonchev–Trinajstić information content (AvgIpc) is 2.51. The van der Waals surface area contributed by atoms with Crippen LogP contribution in [0, 0.1) is 10.1 Å². The van der Waals surface area contributed by atoms with Crippen LogP contribution in [0.5, 0.6) is 0 Å². The van der Waals surface area contributed by atoms with E-state index in [-0.39, 0.29) is 5.70 Å². The van der Waals surface area contributed by atoms with Gasteiger partial charge in [-0.3, -0.25) is 10.1 Å². The summed E-state index contributed by atoms with van der Waals surface area (Å²) in [4.78, 5) is 9.57. The lowest BCUT2D eigenvalue weighted by Gasteiger charge is -1.90. The summed E-state index contributed by atoms with van der Waals surface area (Å²) in [5.41, 5.74) is 0.312. The lowest BCUT2D eigenvalue weighted by molar-refractivity contribution is -0.428. The first-order chi connectivity index (χ1) is 5.74. The molecule has 0 spiro atoms. The van der Waals surface area contributed by atoms with E-state index in [1.54, 1.807) is 6.07 Å². The number of nitrogens with zero attached hydrogens (tertiary/aromatic N) is 1. The van der Waals surface area contributed by atoms with Crippen LogP contribution >= 0.6 is 0 Å². The van der Waals surface area contributed by atoms with Gasteiger partial charge in [0.1, 0.15) is 6.61 Å². The molecule has 0 amide bonds. The summed E-state index contributed by atoms with van der Waals surface area (Å²) >= 11 is 0. The minimum Gasteiger partial charge on any atom is -0.472 e. The van der Waals surface area contributed by atoms with Gasteiger partial charge in [0.15, 0.2) is 0 Å². The van der Waals surface area contributed by atoms with Crippen molar-refractivity contribution >= 4 is 6.08 Å². The van der Waals surface area contributed by atoms with Gasteiger partial charge in [-0.1, -0.05) is 0 Å². The van der Waals surface area contributed by atoms with Crippen LogP contribution in [0.1, 0.15) is 5.56 Å². The highest BCUT2D eigenvalue weighted by atomic mass is 16.6. The first-order valence-corrected chi connectivity index (χ1v) is 3.22. The van der Waals surface area contributed by atoms with Gasteiger partial charge < -0.3 is 9.52 Å². The van der Waals surface area contributed by atoms with Crippen LogP contribution < -0.4 is 0 Å². The lowest BCUT2D eigenvalue weighted by atomic mass is 10.3. The zero-order valence-corrected chi connectivity index (χ0v) is 6.14. The Bertz CT molecular complexity index is 288. The largest absolute Gasteiger partial charge is 0.472 e. The molecule has 0 saturated carbocycles. The second-order valence-electron chi connectivity index (χ2n) is 2.11. The Labute approximate surface area is 68.1 Å². The maximum Gasteiger partial charge on any atom is 0.272 e. The van der Waals surface area contributed by atoms with Crippen molar-refractivity contribution in [3.05, 3.63) is 40.0 Å². The van der Waals surface area contributed by atoms with Crippen LogP contribution in [0.15, 0.2) is 28.7 Å². The van der Waals surface area contributed by atoms with Crippen molar-refractivity contribution in [3.63, 3.8) is 0 Å². The maximum atomic E-state index is 10.2. The smallest absolute Gasteiger partial charge is 0.272 e. The van der Waals surface area contributed by atoms with E-state index in [0.29, 0.717) is 5.56 Å². The number of nitro groups is 1. The topological polar surface area (TPSA) is 76.5 Å². The third kappa shape index (κ3) is 1.93. The van der Waals surface area contributed by atoms with Crippen molar-refractivity contribution in [2.45, 2.75) is 0 Å². The molecule has 1 N–H and O–H groups in total. The van der Waals surface area contributed by atoms with Crippen LogP contribution in [0.4, 0.5) is 0 Å². The van der Waals surface area contributed by atoms with Crippen molar-refractivity contribution in [2.24, 2.45) is 0 Å². The molecule has 1 heterocycles. The predicted octanol–water partition coefficient (Wildman–Crippen LogP) is 0.889. The third-order valence-corrected chi connectivity index (χ3v) is 1.27. The number of furan rings is 1. The van der Waals surface area contributed by atoms with Crippen LogP contribution in [0.25, 0.3) is 6.08 Å². The quantitative estimate of drug-likeness (QED) is 0.538. The summed E-state index contributed by atoms with van der Waals surface area (Å²) in [6.07, 6.45) is 4.02. The minimum atomic E-state index is -0.632. The Morgan fingerprint density at radius 1 is 1.83 bits per heavy atom. The van der Waals surface area contributed by atoms with Gasteiger partial charge in [-0.15, -0.1) is 0 Å². The summed E-state index contributed by atoms with van der Waals surface area (Å²) in [5, 5.41) is 18.8. The molecule has 0 atom stereocenters. The van der Waals surface area contributed by atoms with E-state index in [1.807, 2.05) is 0 Å². The predicted molar refractivity (Wildman–Crippen MR) is 40.8 cm³/mol. The van der Waals surface area contributed by atoms with Crippen molar-refractivity contribution in [3.8, 4) is 0 Å². The normalized spacial score (nSPS) is 11.6. The standard InChI is InChI=1S/C7H7NO4/c9-4-7(8(10)11)3-6-1-2-12-5-6/h1-3,5,9H,4H2/b7-3+. The first kappa shape index (κ1) is 8.48. The summed E-state index contributed by atoms with van der Waals surface area (Å²) < 4.78 is 4.69.